The first kappa shape index (κ1) is 14.2. The summed E-state index contributed by atoms with van der Waals surface area (Å²) in [5.41, 5.74) is 1.16. The Morgan fingerprint density at radius 3 is 2.68 bits per heavy atom. The predicted molar refractivity (Wildman–Crippen MR) is 76.9 cm³/mol. The molecule has 4 heteroatoms. The minimum atomic E-state index is 0.419. The molecule has 106 valence electrons. The van der Waals surface area contributed by atoms with Crippen LogP contribution in [0, 0.1) is 0 Å². The van der Waals surface area contributed by atoms with E-state index in [0.29, 0.717) is 25.3 Å². The molecule has 2 N–H and O–H groups in total. The first-order chi connectivity index (χ1) is 9.16. The van der Waals surface area contributed by atoms with Gasteiger partial charge in [0.1, 0.15) is 13.2 Å². The van der Waals surface area contributed by atoms with Gasteiger partial charge in [0, 0.05) is 30.7 Å². The van der Waals surface area contributed by atoms with Gasteiger partial charge in [0.25, 0.3) is 0 Å². The summed E-state index contributed by atoms with van der Waals surface area (Å²) < 4.78 is 11.3. The molecule has 0 aliphatic carbocycles. The van der Waals surface area contributed by atoms with Crippen molar-refractivity contribution < 1.29 is 9.47 Å². The van der Waals surface area contributed by atoms with Crippen molar-refractivity contribution in [1.82, 2.24) is 10.6 Å². The summed E-state index contributed by atoms with van der Waals surface area (Å²) in [6, 6.07) is 7.00. The Morgan fingerprint density at radius 2 is 1.89 bits per heavy atom. The van der Waals surface area contributed by atoms with Crippen LogP contribution >= 0.6 is 0 Å². The summed E-state index contributed by atoms with van der Waals surface area (Å²) in [6.45, 7) is 9.53. The molecule has 19 heavy (non-hydrogen) atoms. The maximum absolute atomic E-state index is 5.70. The van der Waals surface area contributed by atoms with Crippen molar-refractivity contribution in [2.24, 2.45) is 0 Å². The minimum Gasteiger partial charge on any atom is -0.486 e. The van der Waals surface area contributed by atoms with E-state index in [1.807, 2.05) is 12.1 Å². The number of hydrogen-bond acceptors (Lipinski definition) is 4. The maximum Gasteiger partial charge on any atom is 0.165 e. The van der Waals surface area contributed by atoms with Gasteiger partial charge in [0.2, 0.25) is 0 Å². The summed E-state index contributed by atoms with van der Waals surface area (Å²) in [5, 5.41) is 6.93. The van der Waals surface area contributed by atoms with Crippen LogP contribution in [0.4, 0.5) is 0 Å². The van der Waals surface area contributed by atoms with Gasteiger partial charge < -0.3 is 20.1 Å². The highest BCUT2D eigenvalue weighted by Gasteiger charge is 2.15. The van der Waals surface area contributed by atoms with Crippen LogP contribution in [0.25, 0.3) is 0 Å². The van der Waals surface area contributed by atoms with Gasteiger partial charge in [-0.05, 0) is 13.0 Å². The number of ether oxygens (including phenoxy) is 2. The summed E-state index contributed by atoms with van der Waals surface area (Å²) >= 11 is 0. The second-order valence-corrected chi connectivity index (χ2v) is 5.29. The number of fused-ring (bicyclic) bond motifs is 1. The molecule has 0 amide bonds. The third kappa shape index (κ3) is 4.11. The molecule has 0 spiro atoms. The molecule has 1 aromatic carbocycles. The first-order valence-corrected chi connectivity index (χ1v) is 7.01. The highest BCUT2D eigenvalue weighted by molar-refractivity contribution is 5.47. The standard InChI is InChI=1S/C15H24N2O2/c1-11(2)16-9-12(3)17-10-13-5-4-6-14-15(13)19-8-7-18-14/h4-6,11-12,16-17H,7-10H2,1-3H3. The number of nitrogens with one attached hydrogen (secondary N) is 2. The van der Waals surface area contributed by atoms with E-state index in [4.69, 9.17) is 9.47 Å². The van der Waals surface area contributed by atoms with E-state index in [1.54, 1.807) is 0 Å². The Balaban J connectivity index is 1.89. The molecule has 0 saturated heterocycles. The van der Waals surface area contributed by atoms with E-state index < -0.39 is 0 Å². The second kappa shape index (κ2) is 6.78. The normalized spacial score (nSPS) is 15.6. The lowest BCUT2D eigenvalue weighted by Crippen LogP contribution is -2.38. The number of para-hydroxylation sites is 1. The van der Waals surface area contributed by atoms with Crippen LogP contribution in [0.15, 0.2) is 18.2 Å². The SMILES string of the molecule is CC(C)NCC(C)NCc1cccc2c1OCCO2. The second-order valence-electron chi connectivity index (χ2n) is 5.29. The average molecular weight is 264 g/mol. The zero-order chi connectivity index (χ0) is 13.7. The first-order valence-electron chi connectivity index (χ1n) is 7.01. The molecule has 4 nitrogen and oxygen atoms in total. The van der Waals surface area contributed by atoms with E-state index in [0.717, 1.165) is 30.2 Å². The molecule has 1 unspecified atom stereocenters. The van der Waals surface area contributed by atoms with Crippen LogP contribution in [0.5, 0.6) is 11.5 Å². The number of hydrogen-bond donors (Lipinski definition) is 2. The number of rotatable bonds is 6. The van der Waals surface area contributed by atoms with Crippen LogP contribution in [0.1, 0.15) is 26.3 Å². The highest BCUT2D eigenvalue weighted by atomic mass is 16.6. The molecular weight excluding hydrogens is 240 g/mol. The van der Waals surface area contributed by atoms with Gasteiger partial charge in [0.15, 0.2) is 11.5 Å². The lowest BCUT2D eigenvalue weighted by atomic mass is 10.1. The van der Waals surface area contributed by atoms with Gasteiger partial charge >= 0.3 is 0 Å². The zero-order valence-electron chi connectivity index (χ0n) is 12.0. The van der Waals surface area contributed by atoms with Crippen LogP contribution in [-0.4, -0.2) is 31.8 Å². The smallest absolute Gasteiger partial charge is 0.165 e. The maximum atomic E-state index is 5.70. The monoisotopic (exact) mass is 264 g/mol. The van der Waals surface area contributed by atoms with Gasteiger partial charge in [-0.25, -0.2) is 0 Å². The fourth-order valence-electron chi connectivity index (χ4n) is 2.04. The quantitative estimate of drug-likeness (QED) is 0.824. The van der Waals surface area contributed by atoms with E-state index in [9.17, 15) is 0 Å². The molecule has 0 fully saturated rings. The topological polar surface area (TPSA) is 42.5 Å². The molecule has 0 aromatic heterocycles. The third-order valence-electron chi connectivity index (χ3n) is 3.12. The minimum absolute atomic E-state index is 0.419. The summed E-state index contributed by atoms with van der Waals surface area (Å²) in [6.07, 6.45) is 0. The fourth-order valence-corrected chi connectivity index (χ4v) is 2.04. The van der Waals surface area contributed by atoms with E-state index in [1.165, 1.54) is 0 Å². The summed E-state index contributed by atoms with van der Waals surface area (Å²) in [7, 11) is 0. The van der Waals surface area contributed by atoms with Crippen molar-refractivity contribution in [1.29, 1.82) is 0 Å². The molecule has 0 radical (unpaired) electrons. The van der Waals surface area contributed by atoms with Gasteiger partial charge in [-0.3, -0.25) is 0 Å². The Bertz CT molecular complexity index is 407. The molecule has 1 atom stereocenters. The van der Waals surface area contributed by atoms with Gasteiger partial charge in [-0.15, -0.1) is 0 Å². The van der Waals surface area contributed by atoms with Crippen molar-refractivity contribution in [3.8, 4) is 11.5 Å². The van der Waals surface area contributed by atoms with E-state index >= 15 is 0 Å². The Hall–Kier alpha value is -1.26. The van der Waals surface area contributed by atoms with Gasteiger partial charge in [-0.1, -0.05) is 26.0 Å². The van der Waals surface area contributed by atoms with Crippen molar-refractivity contribution in [3.05, 3.63) is 23.8 Å². The Morgan fingerprint density at radius 1 is 1.11 bits per heavy atom. The molecular formula is C15H24N2O2. The Kier molecular flexibility index (Phi) is 5.05. The molecule has 0 bridgehead atoms. The van der Waals surface area contributed by atoms with Crippen LogP contribution in [0.3, 0.4) is 0 Å². The lowest BCUT2D eigenvalue weighted by molar-refractivity contribution is 0.169. The molecule has 1 aliphatic heterocycles. The molecule has 1 aromatic rings. The van der Waals surface area contributed by atoms with Gasteiger partial charge in [-0.2, -0.15) is 0 Å². The Labute approximate surface area is 115 Å². The van der Waals surface area contributed by atoms with Crippen molar-refractivity contribution in [2.45, 2.75) is 39.4 Å². The van der Waals surface area contributed by atoms with E-state index in [-0.39, 0.29) is 0 Å². The third-order valence-corrected chi connectivity index (χ3v) is 3.12. The lowest BCUT2D eigenvalue weighted by Gasteiger charge is -2.22. The highest BCUT2D eigenvalue weighted by Crippen LogP contribution is 2.33. The number of benzene rings is 1. The average Bonchev–Trinajstić information content (AvgIpc) is 2.42. The molecule has 1 aliphatic rings. The molecule has 0 saturated carbocycles. The van der Waals surface area contributed by atoms with Crippen LogP contribution in [-0.2, 0) is 6.54 Å². The molecule has 2 rings (SSSR count). The van der Waals surface area contributed by atoms with Crippen molar-refractivity contribution in [2.75, 3.05) is 19.8 Å². The van der Waals surface area contributed by atoms with Crippen molar-refractivity contribution in [3.63, 3.8) is 0 Å². The molecule has 1 heterocycles. The zero-order valence-corrected chi connectivity index (χ0v) is 12.0. The largest absolute Gasteiger partial charge is 0.486 e. The fraction of sp³-hybridized carbons (Fsp3) is 0.600. The van der Waals surface area contributed by atoms with Gasteiger partial charge in [0.05, 0.1) is 0 Å². The van der Waals surface area contributed by atoms with Crippen LogP contribution < -0.4 is 20.1 Å². The van der Waals surface area contributed by atoms with Crippen LogP contribution in [0.2, 0.25) is 0 Å². The van der Waals surface area contributed by atoms with E-state index in [2.05, 4.69) is 37.5 Å². The van der Waals surface area contributed by atoms with Crippen molar-refractivity contribution >= 4 is 0 Å². The summed E-state index contributed by atoms with van der Waals surface area (Å²) in [5.74, 6) is 1.75. The summed E-state index contributed by atoms with van der Waals surface area (Å²) in [4.78, 5) is 0. The predicted octanol–water partition coefficient (Wildman–Crippen LogP) is 1.93.